The zero-order chi connectivity index (χ0) is 41.9. The lowest BCUT2D eigenvalue weighted by atomic mass is 9.95. The number of nitrogens with zero attached hydrogens (tertiary/aromatic N) is 3. The second kappa shape index (κ2) is 13.0. The highest BCUT2D eigenvalue weighted by molar-refractivity contribution is 5.85. The molecule has 0 aliphatic carbocycles. The maximum atomic E-state index is 8.93. The van der Waals surface area contributed by atoms with Gasteiger partial charge in [-0.25, -0.2) is 0 Å². The van der Waals surface area contributed by atoms with Gasteiger partial charge in [-0.05, 0) is 64.2 Å². The van der Waals surface area contributed by atoms with Crippen molar-refractivity contribution in [2.75, 3.05) is 19.0 Å². The number of fused-ring (bicyclic) bond motifs is 1. The lowest BCUT2D eigenvalue weighted by Crippen LogP contribution is -2.31. The summed E-state index contributed by atoms with van der Waals surface area (Å²) in [6.07, 6.45) is 3.41. The number of rotatable bonds is 8. The molecular weight excluding hydrogens is 599 g/mol. The summed E-state index contributed by atoms with van der Waals surface area (Å²) < 4.78 is 96.0. The van der Waals surface area contributed by atoms with Crippen LogP contribution in [0.5, 0.6) is 11.5 Å². The highest BCUT2D eigenvalue weighted by atomic mass is 16.5. The van der Waals surface area contributed by atoms with Crippen molar-refractivity contribution < 1.29 is 23.0 Å². The third kappa shape index (κ3) is 5.85. The second-order valence-corrected chi connectivity index (χ2v) is 11.5. The van der Waals surface area contributed by atoms with E-state index in [0.717, 1.165) is 16.8 Å². The van der Waals surface area contributed by atoms with Gasteiger partial charge in [0.15, 0.2) is 0 Å². The zero-order valence-electron chi connectivity index (χ0n) is 36.7. The second-order valence-electron chi connectivity index (χ2n) is 11.5. The molecule has 7 aromatic carbocycles. The van der Waals surface area contributed by atoms with Gasteiger partial charge in [0.2, 0.25) is 0 Å². The number of hydrogen-bond acceptors (Lipinski definition) is 2. The predicted octanol–water partition coefficient (Wildman–Crippen LogP) is 10.6. The van der Waals surface area contributed by atoms with E-state index in [1.54, 1.807) is 27.3 Å². The molecule has 0 radical (unpaired) electrons. The summed E-state index contributed by atoms with van der Waals surface area (Å²) in [4.78, 5) is 2.06. The van der Waals surface area contributed by atoms with Crippen LogP contribution in [-0.2, 0) is 0 Å². The first-order chi connectivity index (χ1) is 28.3. The quantitative estimate of drug-likeness (QED) is 0.121. The van der Waals surface area contributed by atoms with E-state index < -0.39 is 60.4 Å². The molecule has 4 heteroatoms. The van der Waals surface area contributed by atoms with Crippen molar-refractivity contribution in [2.45, 2.75) is 0 Å². The lowest BCUT2D eigenvalue weighted by molar-refractivity contribution is -0.571. The van der Waals surface area contributed by atoms with E-state index >= 15 is 0 Å². The van der Waals surface area contributed by atoms with Crippen molar-refractivity contribution in [2.24, 2.45) is 0 Å². The lowest BCUT2D eigenvalue weighted by Gasteiger charge is -2.18. The van der Waals surface area contributed by atoms with Gasteiger partial charge in [-0.1, -0.05) is 139 Å². The molecule has 0 unspecified atom stereocenters. The fourth-order valence-electron chi connectivity index (χ4n) is 6.03. The van der Waals surface area contributed by atoms with Crippen molar-refractivity contribution in [1.82, 2.24) is 4.57 Å². The van der Waals surface area contributed by atoms with Crippen molar-refractivity contribution in [1.29, 1.82) is 0 Å². The van der Waals surface area contributed by atoms with E-state index in [4.69, 9.17) is 18.4 Å². The van der Waals surface area contributed by atoms with Crippen molar-refractivity contribution >= 4 is 16.7 Å². The molecule has 0 atom stereocenters. The number of imidazole rings is 1. The standard InChI is InChI=1S/C45H35N3O/c1-46(2)42-27-10-9-24-39(42)35-20-13-22-37(30-35)49-38-23-14-21-36(31-38)47-32-48(44-29-12-11-28-43(44)47)45-40(33-16-5-3-6-17-33)25-15-26-41(45)34-18-7-4-8-19-34/h3-31H,1-2H3/i3D,4D,5D,6D,7D,8D,16D,17D,18D,19D. The van der Waals surface area contributed by atoms with Gasteiger partial charge in [-0.3, -0.25) is 9.13 Å². The minimum absolute atomic E-state index is 0.121. The number of ether oxygens (including phenoxy) is 1. The Balaban J connectivity index is 1.34. The van der Waals surface area contributed by atoms with E-state index in [-0.39, 0.29) is 27.9 Å². The normalized spacial score (nSPS) is 13.9. The molecule has 0 aliphatic rings. The average Bonchev–Trinajstić information content (AvgIpc) is 3.63. The zero-order valence-corrected chi connectivity index (χ0v) is 26.7. The van der Waals surface area contributed by atoms with Crippen LogP contribution in [0.4, 0.5) is 5.69 Å². The minimum Gasteiger partial charge on any atom is -0.458 e. The number of aromatic nitrogens is 2. The Morgan fingerprint density at radius 3 is 1.90 bits per heavy atom. The van der Waals surface area contributed by atoms with Gasteiger partial charge in [0.25, 0.3) is 6.33 Å². The minimum atomic E-state index is -0.560. The Labute approximate surface area is 301 Å². The first-order valence-electron chi connectivity index (χ1n) is 20.7. The summed E-state index contributed by atoms with van der Waals surface area (Å²) in [5, 5.41) is 0. The third-order valence-electron chi connectivity index (χ3n) is 8.20. The Morgan fingerprint density at radius 1 is 0.592 bits per heavy atom. The van der Waals surface area contributed by atoms with Crippen molar-refractivity contribution in [3.05, 3.63) is 182 Å². The molecule has 0 aliphatic heterocycles. The summed E-state index contributed by atoms with van der Waals surface area (Å²) in [5.41, 5.74) is 5.28. The van der Waals surface area contributed by atoms with E-state index in [9.17, 15) is 0 Å². The SMILES string of the molecule is [2H]c1c([2H])c([2H])c(-c2cccc(-c3c([2H])c([2H])c([2H])c([2H])c3[2H])c2-[n+]2[c-]n(-c3cccc(Oc4cccc(-c5ccccc5N(C)C)c4)c3)c3ccccc32)c([2H])c1[2H]. The summed E-state index contributed by atoms with van der Waals surface area (Å²) in [6.45, 7) is 0. The van der Waals surface area contributed by atoms with Gasteiger partial charge in [0, 0.05) is 25.3 Å². The largest absolute Gasteiger partial charge is 0.458 e. The Bertz CT molecular complexity index is 2840. The molecule has 236 valence electrons. The molecule has 0 amide bonds. The molecule has 0 fully saturated rings. The van der Waals surface area contributed by atoms with Crippen LogP contribution >= 0.6 is 0 Å². The molecule has 0 saturated heterocycles. The highest BCUT2D eigenvalue weighted by Crippen LogP contribution is 2.36. The Hall–Kier alpha value is -6.39. The molecular formula is C45H35N3O. The fourth-order valence-corrected chi connectivity index (χ4v) is 6.03. The first-order valence-corrected chi connectivity index (χ1v) is 15.7. The Morgan fingerprint density at radius 2 is 1.18 bits per heavy atom. The van der Waals surface area contributed by atoms with Gasteiger partial charge in [0.1, 0.15) is 11.5 Å². The van der Waals surface area contributed by atoms with Crippen LogP contribution in [0, 0.1) is 6.33 Å². The van der Waals surface area contributed by atoms with Gasteiger partial charge in [0.05, 0.1) is 36.1 Å². The summed E-state index contributed by atoms with van der Waals surface area (Å²) in [6, 6.07) is 30.4. The van der Waals surface area contributed by atoms with Gasteiger partial charge < -0.3 is 9.64 Å². The van der Waals surface area contributed by atoms with Crippen LogP contribution in [-0.4, -0.2) is 18.7 Å². The topological polar surface area (TPSA) is 21.3 Å². The van der Waals surface area contributed by atoms with E-state index in [0.29, 0.717) is 28.2 Å². The average molecular weight is 644 g/mol. The highest BCUT2D eigenvalue weighted by Gasteiger charge is 2.19. The third-order valence-corrected chi connectivity index (χ3v) is 8.20. The molecule has 0 bridgehead atoms. The maximum absolute atomic E-state index is 8.93. The summed E-state index contributed by atoms with van der Waals surface area (Å²) >= 11 is 0. The fraction of sp³-hybridized carbons (Fsp3) is 0.0444. The van der Waals surface area contributed by atoms with Gasteiger partial charge in [-0.15, -0.1) is 0 Å². The van der Waals surface area contributed by atoms with E-state index in [1.165, 1.54) is 0 Å². The van der Waals surface area contributed by atoms with Crippen LogP contribution in [0.3, 0.4) is 0 Å². The first kappa shape index (κ1) is 20.8. The maximum Gasteiger partial charge on any atom is 0.269 e. The molecule has 8 aromatic rings. The Kier molecular flexibility index (Phi) is 5.51. The molecule has 1 aromatic heterocycles. The molecule has 0 N–H and O–H groups in total. The number of benzene rings is 7. The van der Waals surface area contributed by atoms with E-state index in [2.05, 4.69) is 23.4 Å². The molecule has 0 spiro atoms. The van der Waals surface area contributed by atoms with Crippen LogP contribution < -0.4 is 14.2 Å². The summed E-state index contributed by atoms with van der Waals surface area (Å²) in [5.74, 6) is 1.16. The number of hydrogen-bond donors (Lipinski definition) is 0. The van der Waals surface area contributed by atoms with Crippen molar-refractivity contribution in [3.8, 4) is 56.3 Å². The molecule has 0 saturated carbocycles. The van der Waals surface area contributed by atoms with Crippen LogP contribution in [0.25, 0.3) is 55.8 Å². The molecule has 8 rings (SSSR count). The summed E-state index contributed by atoms with van der Waals surface area (Å²) in [7, 11) is 4.00. The van der Waals surface area contributed by atoms with Crippen LogP contribution in [0.2, 0.25) is 0 Å². The molecule has 4 nitrogen and oxygen atoms in total. The van der Waals surface area contributed by atoms with Crippen LogP contribution in [0.1, 0.15) is 13.7 Å². The molecule has 1 heterocycles. The van der Waals surface area contributed by atoms with Gasteiger partial charge >= 0.3 is 0 Å². The van der Waals surface area contributed by atoms with E-state index in [1.807, 2.05) is 99.0 Å². The molecule has 49 heavy (non-hydrogen) atoms. The number of para-hydroxylation sites is 4. The van der Waals surface area contributed by atoms with Crippen LogP contribution in [0.15, 0.2) is 176 Å². The monoisotopic (exact) mass is 643 g/mol. The van der Waals surface area contributed by atoms with Crippen molar-refractivity contribution in [3.63, 3.8) is 0 Å². The number of anilines is 1. The smallest absolute Gasteiger partial charge is 0.269 e. The van der Waals surface area contributed by atoms with Gasteiger partial charge in [-0.2, -0.15) is 0 Å². The predicted molar refractivity (Wildman–Crippen MR) is 201 cm³/mol.